The van der Waals surface area contributed by atoms with Crippen molar-refractivity contribution in [2.75, 3.05) is 19.6 Å². The zero-order valence-electron chi connectivity index (χ0n) is 10.3. The van der Waals surface area contributed by atoms with Crippen molar-refractivity contribution >= 4 is 5.91 Å². The minimum absolute atomic E-state index is 0.152. The van der Waals surface area contributed by atoms with E-state index in [1.807, 2.05) is 5.32 Å². The van der Waals surface area contributed by atoms with Crippen molar-refractivity contribution in [1.82, 2.24) is 10.2 Å². The van der Waals surface area contributed by atoms with Gasteiger partial charge in [0.05, 0.1) is 0 Å². The lowest BCUT2D eigenvalue weighted by atomic mass is 9.83. The lowest BCUT2D eigenvalue weighted by Crippen LogP contribution is -2.51. The summed E-state index contributed by atoms with van der Waals surface area (Å²) < 4.78 is 36.3. The Morgan fingerprint density at radius 3 is 2.61 bits per heavy atom. The van der Waals surface area contributed by atoms with Crippen molar-refractivity contribution in [3.8, 4) is 0 Å². The molecule has 2 atom stereocenters. The van der Waals surface area contributed by atoms with Crippen molar-refractivity contribution in [2.24, 2.45) is 5.92 Å². The maximum Gasteiger partial charge on any atom is 0.471 e. The number of nitrogens with one attached hydrogen (secondary N) is 1. The molecule has 0 spiro atoms. The van der Waals surface area contributed by atoms with Crippen LogP contribution in [0.3, 0.4) is 0 Å². The lowest BCUT2D eigenvalue weighted by molar-refractivity contribution is -0.174. The molecule has 0 aromatic carbocycles. The predicted molar refractivity (Wildman–Crippen MR) is 61.0 cm³/mol. The van der Waals surface area contributed by atoms with Gasteiger partial charge in [0.15, 0.2) is 0 Å². The Kier molecular flexibility index (Phi) is 4.14. The minimum Gasteiger partial charge on any atom is -0.348 e. The Bertz CT molecular complexity index is 304. The summed E-state index contributed by atoms with van der Waals surface area (Å²) in [5.41, 5.74) is 0. The second kappa shape index (κ2) is 5.47. The van der Waals surface area contributed by atoms with Gasteiger partial charge in [-0.05, 0) is 44.7 Å². The summed E-state index contributed by atoms with van der Waals surface area (Å²) in [6.07, 6.45) is 0.541. The molecule has 0 aromatic rings. The number of hydrogen-bond acceptors (Lipinski definition) is 2. The molecule has 18 heavy (non-hydrogen) atoms. The molecule has 2 rings (SSSR count). The van der Waals surface area contributed by atoms with E-state index in [1.54, 1.807) is 0 Å². The van der Waals surface area contributed by atoms with E-state index >= 15 is 0 Å². The number of amides is 1. The number of fused-ring (bicyclic) bond motifs is 1. The predicted octanol–water partition coefficient (Wildman–Crippen LogP) is 1.93. The van der Waals surface area contributed by atoms with Crippen LogP contribution in [0.1, 0.15) is 32.1 Å². The highest BCUT2D eigenvalue weighted by Crippen LogP contribution is 2.30. The van der Waals surface area contributed by atoms with Gasteiger partial charge in [0.2, 0.25) is 0 Å². The van der Waals surface area contributed by atoms with Gasteiger partial charge in [0.25, 0.3) is 0 Å². The Balaban J connectivity index is 1.86. The van der Waals surface area contributed by atoms with Gasteiger partial charge in [-0.2, -0.15) is 13.2 Å². The number of piperidine rings is 2. The smallest absolute Gasteiger partial charge is 0.348 e. The molecular weight excluding hydrogens is 245 g/mol. The van der Waals surface area contributed by atoms with Crippen LogP contribution in [-0.2, 0) is 4.79 Å². The first kappa shape index (κ1) is 13.6. The summed E-state index contributed by atoms with van der Waals surface area (Å²) in [5.74, 6) is -1.64. The number of halogens is 3. The van der Waals surface area contributed by atoms with Gasteiger partial charge in [-0.3, -0.25) is 4.79 Å². The molecule has 0 unspecified atom stereocenters. The molecule has 6 heteroatoms. The summed E-state index contributed by atoms with van der Waals surface area (Å²) in [5, 5.41) is 2.03. The second-order valence-corrected chi connectivity index (χ2v) is 5.21. The van der Waals surface area contributed by atoms with Crippen LogP contribution in [0.15, 0.2) is 0 Å². The number of rotatable bonds is 2. The van der Waals surface area contributed by atoms with Crippen molar-refractivity contribution in [3.63, 3.8) is 0 Å². The summed E-state index contributed by atoms with van der Waals surface area (Å²) in [4.78, 5) is 13.2. The fourth-order valence-electron chi connectivity index (χ4n) is 3.14. The number of carbonyl (C=O) groups is 1. The first-order valence-corrected chi connectivity index (χ1v) is 6.57. The number of nitrogens with zero attached hydrogens (tertiary/aromatic N) is 1. The molecule has 0 saturated carbocycles. The van der Waals surface area contributed by atoms with Gasteiger partial charge < -0.3 is 10.2 Å². The number of hydrogen-bond donors (Lipinski definition) is 1. The quantitative estimate of drug-likeness (QED) is 0.826. The first-order valence-electron chi connectivity index (χ1n) is 6.57. The molecule has 104 valence electrons. The van der Waals surface area contributed by atoms with Gasteiger partial charge >= 0.3 is 12.1 Å². The van der Waals surface area contributed by atoms with Crippen molar-refractivity contribution in [3.05, 3.63) is 0 Å². The third-order valence-corrected chi connectivity index (χ3v) is 4.01. The van der Waals surface area contributed by atoms with E-state index < -0.39 is 12.1 Å². The maximum atomic E-state index is 12.1. The second-order valence-electron chi connectivity index (χ2n) is 5.21. The molecule has 2 fully saturated rings. The van der Waals surface area contributed by atoms with E-state index in [0.717, 1.165) is 38.8 Å². The van der Waals surface area contributed by atoms with E-state index in [9.17, 15) is 18.0 Å². The zero-order chi connectivity index (χ0) is 13.2. The Hall–Kier alpha value is -0.780. The number of carbonyl (C=O) groups excluding carboxylic acids is 1. The Labute approximate surface area is 105 Å². The average Bonchev–Trinajstić information content (AvgIpc) is 2.34. The van der Waals surface area contributed by atoms with Gasteiger partial charge in [-0.1, -0.05) is 6.42 Å². The van der Waals surface area contributed by atoms with Gasteiger partial charge in [-0.25, -0.2) is 0 Å². The molecular formula is C12H19F3N2O. The third-order valence-electron chi connectivity index (χ3n) is 4.01. The summed E-state index contributed by atoms with van der Waals surface area (Å²) in [6.45, 7) is 2.25. The van der Waals surface area contributed by atoms with Crippen LogP contribution in [-0.4, -0.2) is 42.7 Å². The molecule has 0 aromatic heterocycles. The average molecular weight is 264 g/mol. The largest absolute Gasteiger partial charge is 0.471 e. The maximum absolute atomic E-state index is 12.1. The fourth-order valence-corrected chi connectivity index (χ4v) is 3.14. The third kappa shape index (κ3) is 3.16. The van der Waals surface area contributed by atoms with Gasteiger partial charge in [-0.15, -0.1) is 0 Å². The van der Waals surface area contributed by atoms with Crippen LogP contribution in [0.2, 0.25) is 0 Å². The highest BCUT2D eigenvalue weighted by atomic mass is 19.4. The molecule has 1 amide bonds. The zero-order valence-corrected chi connectivity index (χ0v) is 10.3. The van der Waals surface area contributed by atoms with Crippen molar-refractivity contribution in [1.29, 1.82) is 0 Å². The van der Waals surface area contributed by atoms with Crippen LogP contribution in [0.5, 0.6) is 0 Å². The van der Waals surface area contributed by atoms with E-state index in [4.69, 9.17) is 0 Å². The molecule has 1 N–H and O–H groups in total. The van der Waals surface area contributed by atoms with Crippen molar-refractivity contribution in [2.45, 2.75) is 44.3 Å². The van der Waals surface area contributed by atoms with Gasteiger partial charge in [0.1, 0.15) is 0 Å². The lowest BCUT2D eigenvalue weighted by Gasteiger charge is -2.44. The summed E-state index contributed by atoms with van der Waals surface area (Å²) >= 11 is 0. The molecule has 2 heterocycles. The number of alkyl halides is 3. The Morgan fingerprint density at radius 2 is 1.89 bits per heavy atom. The molecule has 2 aliphatic heterocycles. The van der Waals surface area contributed by atoms with Crippen LogP contribution in [0.25, 0.3) is 0 Å². The summed E-state index contributed by atoms with van der Waals surface area (Å²) in [6, 6.07) is 0.362. The molecule has 2 saturated heterocycles. The highest BCUT2D eigenvalue weighted by Gasteiger charge is 2.40. The molecule has 2 aliphatic rings. The monoisotopic (exact) mass is 264 g/mol. The molecule has 0 radical (unpaired) electrons. The van der Waals surface area contributed by atoms with E-state index in [0.29, 0.717) is 6.04 Å². The SMILES string of the molecule is O=C(NC[C@@H]1CCCN2CCCC[C@@H]12)C(F)(F)F. The molecule has 0 bridgehead atoms. The first-order chi connectivity index (χ1) is 8.48. The van der Waals surface area contributed by atoms with Crippen LogP contribution >= 0.6 is 0 Å². The van der Waals surface area contributed by atoms with E-state index in [-0.39, 0.29) is 12.5 Å². The molecule has 0 aliphatic carbocycles. The van der Waals surface area contributed by atoms with Crippen LogP contribution in [0.4, 0.5) is 13.2 Å². The van der Waals surface area contributed by atoms with Crippen LogP contribution < -0.4 is 5.32 Å². The standard InChI is InChI=1S/C12H19F3N2O/c13-12(14,15)11(18)16-8-9-4-3-7-17-6-2-1-5-10(9)17/h9-10H,1-8H2,(H,16,18)/t9-,10-/m0/s1. The normalized spacial score (nSPS) is 29.7. The molecule has 3 nitrogen and oxygen atoms in total. The van der Waals surface area contributed by atoms with E-state index in [1.165, 1.54) is 6.42 Å². The highest BCUT2D eigenvalue weighted by molar-refractivity contribution is 5.81. The minimum atomic E-state index is -4.76. The Morgan fingerprint density at radius 1 is 1.17 bits per heavy atom. The van der Waals surface area contributed by atoms with E-state index in [2.05, 4.69) is 4.90 Å². The fraction of sp³-hybridized carbons (Fsp3) is 0.917. The topological polar surface area (TPSA) is 32.3 Å². The van der Waals surface area contributed by atoms with Crippen LogP contribution in [0, 0.1) is 5.92 Å². The summed E-state index contributed by atoms with van der Waals surface area (Å²) in [7, 11) is 0. The van der Waals surface area contributed by atoms with Gasteiger partial charge in [0, 0.05) is 12.6 Å². The van der Waals surface area contributed by atoms with Crippen molar-refractivity contribution < 1.29 is 18.0 Å².